The van der Waals surface area contributed by atoms with Gasteiger partial charge in [-0.1, -0.05) is 26.2 Å². The summed E-state index contributed by atoms with van der Waals surface area (Å²) in [5.74, 6) is 0. The predicted molar refractivity (Wildman–Crippen MR) is 80.4 cm³/mol. The van der Waals surface area contributed by atoms with Crippen molar-refractivity contribution in [1.29, 1.82) is 0 Å². The van der Waals surface area contributed by atoms with Gasteiger partial charge in [0.25, 0.3) is 5.60 Å². The molecular weight excluding hydrogens is 358 g/mol. The van der Waals surface area contributed by atoms with Crippen LogP contribution < -0.4 is 0 Å². The Morgan fingerprint density at radius 2 is 1.33 bits per heavy atom. The van der Waals surface area contributed by atoms with Crippen LogP contribution in [-0.2, 0) is 9.47 Å². The Morgan fingerprint density at radius 1 is 0.958 bits per heavy atom. The maximum atomic E-state index is 12.7. The Kier molecular flexibility index (Phi) is 7.41. The molecule has 24 heavy (non-hydrogen) atoms. The van der Waals surface area contributed by atoms with Gasteiger partial charge in [0, 0.05) is 21.1 Å². The van der Waals surface area contributed by atoms with Gasteiger partial charge in [0.05, 0.1) is 0 Å². The Hall–Kier alpha value is -0.323. The molecule has 1 atom stereocenters. The second-order valence-corrected chi connectivity index (χ2v) is 13.8. The van der Waals surface area contributed by atoms with Crippen LogP contribution in [-0.4, -0.2) is 49.6 Å². The molecule has 0 saturated carbocycles. The summed E-state index contributed by atoms with van der Waals surface area (Å²) in [5, 5.41) is 9.24. The minimum absolute atomic E-state index is 0.176. The minimum atomic E-state index is -5.92. The van der Waals surface area contributed by atoms with Gasteiger partial charge in [-0.05, 0) is 20.3 Å². The molecule has 3 nitrogen and oxygen atoms in total. The van der Waals surface area contributed by atoms with E-state index in [0.717, 1.165) is 0 Å². The smallest absolute Gasteiger partial charge is 0.371 e. The Balaban J connectivity index is 0.000000922. The molecule has 146 valence electrons. The fourth-order valence-corrected chi connectivity index (χ4v) is 1.90. The second kappa shape index (κ2) is 7.51. The molecular formula is C14H26F6O3Si. The molecule has 1 aliphatic rings. The third-order valence-corrected chi connectivity index (χ3v) is 3.01. The van der Waals surface area contributed by atoms with E-state index in [9.17, 15) is 31.4 Å². The van der Waals surface area contributed by atoms with Gasteiger partial charge >= 0.3 is 12.4 Å². The monoisotopic (exact) mass is 384 g/mol. The lowest BCUT2D eigenvalue weighted by Gasteiger charge is -2.44. The standard InChI is InChI=1S/C10H14F6O3.C4H12Si/c1-7(2,19-6-4-3-5-18-6)8(17,9(11,12)13)10(14,15)16;1-5(2,3)4/h6,17H,3-5H2,1-2H3;1-4H3. The van der Waals surface area contributed by atoms with Crippen LogP contribution in [0, 0.1) is 0 Å². The molecule has 1 saturated heterocycles. The van der Waals surface area contributed by atoms with Crippen LogP contribution >= 0.6 is 0 Å². The quantitative estimate of drug-likeness (QED) is 0.565. The zero-order valence-electron chi connectivity index (χ0n) is 14.7. The van der Waals surface area contributed by atoms with Crippen molar-refractivity contribution < 1.29 is 40.9 Å². The Morgan fingerprint density at radius 3 is 1.58 bits per heavy atom. The second-order valence-electron chi connectivity index (χ2n) is 7.78. The van der Waals surface area contributed by atoms with Gasteiger partial charge in [0.1, 0.15) is 5.60 Å². The van der Waals surface area contributed by atoms with Crippen molar-refractivity contribution in [2.24, 2.45) is 0 Å². The molecule has 10 heteroatoms. The van der Waals surface area contributed by atoms with E-state index in [1.54, 1.807) is 0 Å². The van der Waals surface area contributed by atoms with Gasteiger partial charge in [-0.3, -0.25) is 0 Å². The first kappa shape index (κ1) is 23.7. The van der Waals surface area contributed by atoms with Crippen LogP contribution in [0.1, 0.15) is 26.7 Å². The van der Waals surface area contributed by atoms with E-state index >= 15 is 0 Å². The SMILES string of the molecule is CC(C)(OC1CCCO1)C(O)(C(F)(F)F)C(F)(F)F.C[Si](C)(C)C. The topological polar surface area (TPSA) is 38.7 Å². The average Bonchev–Trinajstić information content (AvgIpc) is 2.74. The summed E-state index contributed by atoms with van der Waals surface area (Å²) in [7, 11) is -0.611. The summed E-state index contributed by atoms with van der Waals surface area (Å²) in [4.78, 5) is 0. The Bertz CT molecular complexity index is 375. The van der Waals surface area contributed by atoms with Crippen LogP contribution in [0.25, 0.3) is 0 Å². The lowest BCUT2D eigenvalue weighted by molar-refractivity contribution is -0.421. The van der Waals surface area contributed by atoms with Crippen LogP contribution in [0.4, 0.5) is 26.3 Å². The van der Waals surface area contributed by atoms with Crippen molar-refractivity contribution >= 4 is 8.07 Å². The average molecular weight is 384 g/mol. The summed E-state index contributed by atoms with van der Waals surface area (Å²) in [6.07, 6.45) is -12.4. The zero-order chi connectivity index (χ0) is 19.6. The van der Waals surface area contributed by atoms with E-state index in [-0.39, 0.29) is 13.0 Å². The molecule has 1 heterocycles. The minimum Gasteiger partial charge on any atom is -0.371 e. The van der Waals surface area contributed by atoms with Crippen LogP contribution in [0.2, 0.25) is 26.2 Å². The van der Waals surface area contributed by atoms with E-state index in [1.165, 1.54) is 0 Å². The maximum absolute atomic E-state index is 12.7. The van der Waals surface area contributed by atoms with E-state index in [0.29, 0.717) is 20.3 Å². The van der Waals surface area contributed by atoms with E-state index in [2.05, 4.69) is 26.2 Å². The van der Waals surface area contributed by atoms with Gasteiger partial charge < -0.3 is 14.6 Å². The molecule has 1 N–H and O–H groups in total. The highest BCUT2D eigenvalue weighted by atomic mass is 28.3. The highest BCUT2D eigenvalue weighted by Crippen LogP contribution is 2.51. The summed E-state index contributed by atoms with van der Waals surface area (Å²) >= 11 is 0. The van der Waals surface area contributed by atoms with Crippen molar-refractivity contribution in [2.75, 3.05) is 6.61 Å². The third kappa shape index (κ3) is 6.20. The Labute approximate surface area is 139 Å². The van der Waals surface area contributed by atoms with Crippen LogP contribution in [0.15, 0.2) is 0 Å². The summed E-state index contributed by atoms with van der Waals surface area (Å²) in [6.45, 7) is 10.6. The van der Waals surface area contributed by atoms with Crippen molar-refractivity contribution in [3.05, 3.63) is 0 Å². The van der Waals surface area contributed by atoms with E-state index < -0.39 is 37.9 Å². The molecule has 0 spiro atoms. The van der Waals surface area contributed by atoms with Crippen molar-refractivity contribution in [2.45, 2.75) is 82.7 Å². The molecule has 1 unspecified atom stereocenters. The number of alkyl halides is 6. The van der Waals surface area contributed by atoms with Gasteiger partial charge in [-0.2, -0.15) is 26.3 Å². The number of ether oxygens (including phenoxy) is 2. The van der Waals surface area contributed by atoms with E-state index in [4.69, 9.17) is 9.47 Å². The molecule has 1 rings (SSSR count). The number of rotatable bonds is 3. The van der Waals surface area contributed by atoms with Crippen LogP contribution in [0.3, 0.4) is 0 Å². The fraction of sp³-hybridized carbons (Fsp3) is 1.00. The predicted octanol–water partition coefficient (Wildman–Crippen LogP) is 4.73. The molecule has 1 aliphatic heterocycles. The molecule has 0 aromatic heterocycles. The lowest BCUT2D eigenvalue weighted by Crippen LogP contribution is -2.70. The number of hydrogen-bond donors (Lipinski definition) is 1. The summed E-state index contributed by atoms with van der Waals surface area (Å²) in [6, 6.07) is 0. The number of hydrogen-bond acceptors (Lipinski definition) is 3. The fourth-order valence-electron chi connectivity index (χ4n) is 1.90. The molecule has 0 aliphatic carbocycles. The summed E-state index contributed by atoms with van der Waals surface area (Å²) in [5.41, 5.74) is -7.91. The largest absolute Gasteiger partial charge is 0.429 e. The molecule has 0 amide bonds. The molecule has 0 bridgehead atoms. The van der Waals surface area contributed by atoms with Crippen molar-refractivity contribution in [3.8, 4) is 0 Å². The molecule has 0 aromatic carbocycles. The van der Waals surface area contributed by atoms with Gasteiger partial charge in [-0.25, -0.2) is 0 Å². The zero-order valence-corrected chi connectivity index (χ0v) is 15.7. The molecule has 0 radical (unpaired) electrons. The highest BCUT2D eigenvalue weighted by Gasteiger charge is 2.78. The lowest BCUT2D eigenvalue weighted by atomic mass is 9.84. The summed E-state index contributed by atoms with van der Waals surface area (Å²) < 4.78 is 85.6. The van der Waals surface area contributed by atoms with Gasteiger partial charge in [0.15, 0.2) is 6.29 Å². The normalized spacial score (nSPS) is 20.6. The first-order valence-corrected chi connectivity index (χ1v) is 11.5. The molecule has 1 fully saturated rings. The van der Waals surface area contributed by atoms with Crippen molar-refractivity contribution in [1.82, 2.24) is 0 Å². The van der Waals surface area contributed by atoms with Crippen LogP contribution in [0.5, 0.6) is 0 Å². The van der Waals surface area contributed by atoms with Gasteiger partial charge in [-0.15, -0.1) is 0 Å². The van der Waals surface area contributed by atoms with Gasteiger partial charge in [0.2, 0.25) is 0 Å². The number of halogens is 6. The first-order valence-electron chi connectivity index (χ1n) is 7.48. The number of aliphatic hydroxyl groups is 1. The molecule has 0 aromatic rings. The maximum Gasteiger partial charge on any atom is 0.429 e. The van der Waals surface area contributed by atoms with E-state index in [1.807, 2.05) is 0 Å². The highest BCUT2D eigenvalue weighted by molar-refractivity contribution is 6.74. The van der Waals surface area contributed by atoms with Crippen molar-refractivity contribution in [3.63, 3.8) is 0 Å². The first-order chi connectivity index (χ1) is 10.3. The third-order valence-electron chi connectivity index (χ3n) is 3.01.